The van der Waals surface area contributed by atoms with E-state index in [2.05, 4.69) is 11.4 Å². The average Bonchev–Trinajstić information content (AvgIpc) is 2.60. The zero-order valence-corrected chi connectivity index (χ0v) is 18.9. The fourth-order valence-corrected chi connectivity index (χ4v) is 4.65. The van der Waals surface area contributed by atoms with Crippen LogP contribution in [-0.4, -0.2) is 33.7 Å². The SMILES string of the molecule is COc1ccc(C)cc1N([C@@H](C)C(=O)N[C@@H](C)c1ccc(C)cc1C)S(C)(=O)=O. The third-order valence-electron chi connectivity index (χ3n) is 4.91. The van der Waals surface area contributed by atoms with Crippen LogP contribution in [0.25, 0.3) is 0 Å². The molecule has 0 unspecified atom stereocenters. The number of carbonyl (C=O) groups is 1. The number of nitrogens with one attached hydrogen (secondary N) is 1. The van der Waals surface area contributed by atoms with Gasteiger partial charge in [-0.05, 0) is 63.4 Å². The molecule has 0 aromatic heterocycles. The molecule has 0 saturated heterocycles. The van der Waals surface area contributed by atoms with E-state index in [0.717, 1.165) is 32.8 Å². The van der Waals surface area contributed by atoms with Gasteiger partial charge < -0.3 is 10.1 Å². The quantitative estimate of drug-likeness (QED) is 0.745. The molecule has 2 atom stereocenters. The van der Waals surface area contributed by atoms with Gasteiger partial charge in [-0.3, -0.25) is 9.10 Å². The van der Waals surface area contributed by atoms with Gasteiger partial charge in [-0.1, -0.05) is 29.8 Å². The molecule has 0 bridgehead atoms. The van der Waals surface area contributed by atoms with Crippen molar-refractivity contribution in [1.82, 2.24) is 5.32 Å². The van der Waals surface area contributed by atoms with Gasteiger partial charge in [0.2, 0.25) is 15.9 Å². The van der Waals surface area contributed by atoms with E-state index in [1.807, 2.05) is 45.9 Å². The first-order chi connectivity index (χ1) is 13.5. The smallest absolute Gasteiger partial charge is 0.244 e. The molecule has 0 aliphatic carbocycles. The van der Waals surface area contributed by atoms with E-state index in [0.29, 0.717) is 11.4 Å². The second-order valence-electron chi connectivity index (χ2n) is 7.50. The van der Waals surface area contributed by atoms with E-state index in [1.54, 1.807) is 19.1 Å². The number of amides is 1. The number of hydrogen-bond donors (Lipinski definition) is 1. The molecule has 158 valence electrons. The largest absolute Gasteiger partial charge is 0.495 e. The Kier molecular flexibility index (Phi) is 6.95. The maximum Gasteiger partial charge on any atom is 0.244 e. The van der Waals surface area contributed by atoms with E-state index >= 15 is 0 Å². The van der Waals surface area contributed by atoms with Crippen molar-refractivity contribution in [2.45, 2.75) is 46.7 Å². The lowest BCUT2D eigenvalue weighted by Crippen LogP contribution is -2.48. The van der Waals surface area contributed by atoms with E-state index < -0.39 is 16.1 Å². The molecule has 2 aromatic carbocycles. The molecular formula is C22H30N2O4S. The second kappa shape index (κ2) is 8.86. The number of rotatable bonds is 7. The van der Waals surface area contributed by atoms with Gasteiger partial charge in [0.25, 0.3) is 0 Å². The fourth-order valence-electron chi connectivity index (χ4n) is 3.48. The van der Waals surface area contributed by atoms with Crippen molar-refractivity contribution in [3.63, 3.8) is 0 Å². The lowest BCUT2D eigenvalue weighted by molar-refractivity contribution is -0.122. The number of ether oxygens (including phenoxy) is 1. The van der Waals surface area contributed by atoms with Gasteiger partial charge in [0.1, 0.15) is 11.8 Å². The van der Waals surface area contributed by atoms with Crippen molar-refractivity contribution in [1.29, 1.82) is 0 Å². The summed E-state index contributed by atoms with van der Waals surface area (Å²) in [6.07, 6.45) is 1.09. The van der Waals surface area contributed by atoms with Crippen molar-refractivity contribution in [3.05, 3.63) is 58.7 Å². The molecule has 2 rings (SSSR count). The summed E-state index contributed by atoms with van der Waals surface area (Å²) in [7, 11) is -2.26. The third kappa shape index (κ3) is 5.29. The molecule has 0 heterocycles. The summed E-state index contributed by atoms with van der Waals surface area (Å²) in [6.45, 7) is 9.33. The molecule has 29 heavy (non-hydrogen) atoms. The molecule has 1 N–H and O–H groups in total. The van der Waals surface area contributed by atoms with Gasteiger partial charge in [-0.15, -0.1) is 0 Å². The molecule has 1 amide bonds. The first-order valence-corrected chi connectivity index (χ1v) is 11.3. The summed E-state index contributed by atoms with van der Waals surface area (Å²) in [6, 6.07) is 10.1. The van der Waals surface area contributed by atoms with Gasteiger partial charge in [0, 0.05) is 0 Å². The minimum atomic E-state index is -3.73. The van der Waals surface area contributed by atoms with Crippen molar-refractivity contribution in [2.75, 3.05) is 17.7 Å². The summed E-state index contributed by atoms with van der Waals surface area (Å²) in [5.74, 6) is 0.00885. The van der Waals surface area contributed by atoms with E-state index in [9.17, 15) is 13.2 Å². The minimum absolute atomic E-state index is 0.258. The Balaban J connectivity index is 2.36. The van der Waals surface area contributed by atoms with Gasteiger partial charge in [-0.25, -0.2) is 8.42 Å². The lowest BCUT2D eigenvalue weighted by atomic mass is 10.00. The van der Waals surface area contributed by atoms with Crippen LogP contribution in [0.4, 0.5) is 5.69 Å². The summed E-state index contributed by atoms with van der Waals surface area (Å²) >= 11 is 0. The van der Waals surface area contributed by atoms with Crippen molar-refractivity contribution < 1.29 is 17.9 Å². The maximum absolute atomic E-state index is 13.0. The molecule has 0 spiro atoms. The van der Waals surface area contributed by atoms with Crippen LogP contribution in [0, 0.1) is 20.8 Å². The van der Waals surface area contributed by atoms with Crippen molar-refractivity contribution in [2.24, 2.45) is 0 Å². The van der Waals surface area contributed by atoms with Gasteiger partial charge in [0.05, 0.1) is 25.1 Å². The zero-order valence-electron chi connectivity index (χ0n) is 18.1. The topological polar surface area (TPSA) is 75.7 Å². The number of methoxy groups -OCH3 is 1. The molecule has 2 aromatic rings. The Labute approximate surface area is 173 Å². The number of sulfonamides is 1. The maximum atomic E-state index is 13.0. The van der Waals surface area contributed by atoms with Crippen LogP contribution in [-0.2, 0) is 14.8 Å². The van der Waals surface area contributed by atoms with Crippen LogP contribution in [0.3, 0.4) is 0 Å². The summed E-state index contributed by atoms with van der Waals surface area (Å²) < 4.78 is 31.6. The first-order valence-electron chi connectivity index (χ1n) is 9.47. The Bertz CT molecular complexity index is 1000. The van der Waals surface area contributed by atoms with Gasteiger partial charge >= 0.3 is 0 Å². The molecule has 0 aliphatic heterocycles. The number of hydrogen-bond acceptors (Lipinski definition) is 4. The second-order valence-corrected chi connectivity index (χ2v) is 9.36. The predicted octanol–water partition coefficient (Wildman–Crippen LogP) is 3.65. The molecule has 0 aliphatic rings. The van der Waals surface area contributed by atoms with E-state index in [4.69, 9.17) is 4.74 Å². The average molecular weight is 419 g/mol. The molecule has 6 nitrogen and oxygen atoms in total. The summed E-state index contributed by atoms with van der Waals surface area (Å²) in [5.41, 5.74) is 4.43. The summed E-state index contributed by atoms with van der Waals surface area (Å²) in [5, 5.41) is 2.94. The Morgan fingerprint density at radius 2 is 1.62 bits per heavy atom. The number of nitrogens with zero attached hydrogens (tertiary/aromatic N) is 1. The molecule has 0 saturated carbocycles. The number of anilines is 1. The van der Waals surface area contributed by atoms with Gasteiger partial charge in [0.15, 0.2) is 0 Å². The molecule has 0 fully saturated rings. The highest BCUT2D eigenvalue weighted by Crippen LogP contribution is 2.33. The molecule has 0 radical (unpaired) electrons. The normalized spacial score (nSPS) is 13.5. The van der Waals surface area contributed by atoms with Crippen LogP contribution in [0.5, 0.6) is 5.75 Å². The van der Waals surface area contributed by atoms with Crippen LogP contribution >= 0.6 is 0 Å². The standard InChI is InChI=1S/C22H30N2O4S/c1-14-8-10-19(16(3)12-14)17(4)23-22(25)18(5)24(29(7,26)27)20-13-15(2)9-11-21(20)28-6/h8-13,17-18H,1-7H3,(H,23,25)/t17-,18-/m0/s1. The monoisotopic (exact) mass is 418 g/mol. The molecule has 7 heteroatoms. The van der Waals surface area contributed by atoms with Crippen molar-refractivity contribution >= 4 is 21.6 Å². The van der Waals surface area contributed by atoms with Gasteiger partial charge in [-0.2, -0.15) is 0 Å². The Morgan fingerprint density at radius 3 is 2.17 bits per heavy atom. The highest BCUT2D eigenvalue weighted by atomic mass is 32.2. The van der Waals surface area contributed by atoms with Crippen LogP contribution < -0.4 is 14.4 Å². The highest BCUT2D eigenvalue weighted by Gasteiger charge is 2.32. The van der Waals surface area contributed by atoms with Crippen molar-refractivity contribution in [3.8, 4) is 5.75 Å². The summed E-state index contributed by atoms with van der Waals surface area (Å²) in [4.78, 5) is 13.0. The van der Waals surface area contributed by atoms with Crippen LogP contribution in [0.15, 0.2) is 36.4 Å². The van der Waals surface area contributed by atoms with Crippen LogP contribution in [0.2, 0.25) is 0 Å². The van der Waals surface area contributed by atoms with Crippen LogP contribution in [0.1, 0.15) is 42.1 Å². The third-order valence-corrected chi connectivity index (χ3v) is 6.14. The molecular weight excluding hydrogens is 388 g/mol. The fraction of sp³-hybridized carbons (Fsp3) is 0.409. The lowest BCUT2D eigenvalue weighted by Gasteiger charge is -2.30. The number of carbonyl (C=O) groups excluding carboxylic acids is 1. The minimum Gasteiger partial charge on any atom is -0.495 e. The van der Waals surface area contributed by atoms with E-state index in [1.165, 1.54) is 7.11 Å². The predicted molar refractivity (Wildman–Crippen MR) is 117 cm³/mol. The Hall–Kier alpha value is -2.54. The highest BCUT2D eigenvalue weighted by molar-refractivity contribution is 7.92. The zero-order chi connectivity index (χ0) is 21.9. The van der Waals surface area contributed by atoms with E-state index in [-0.39, 0.29) is 11.9 Å². The first kappa shape index (κ1) is 22.7. The number of aryl methyl sites for hydroxylation is 3. The Morgan fingerprint density at radius 1 is 1.03 bits per heavy atom. The number of benzene rings is 2.